The third kappa shape index (κ3) is 3.96. The maximum atomic E-state index is 12.6. The van der Waals surface area contributed by atoms with Gasteiger partial charge in [-0.05, 0) is 49.2 Å². The zero-order chi connectivity index (χ0) is 25.5. The molecule has 0 atom stereocenters. The summed E-state index contributed by atoms with van der Waals surface area (Å²) in [5.74, 6) is 0.724. The molecule has 6 aromatic rings. The van der Waals surface area contributed by atoms with E-state index in [0.717, 1.165) is 53.7 Å². The van der Waals surface area contributed by atoms with E-state index in [1.807, 2.05) is 42.5 Å². The number of aromatic nitrogens is 8. The molecule has 10 nitrogen and oxygen atoms in total. The predicted molar refractivity (Wildman–Crippen MR) is 144 cm³/mol. The number of carbonyl (C=O) groups is 1. The van der Waals surface area contributed by atoms with Crippen molar-refractivity contribution in [3.63, 3.8) is 0 Å². The van der Waals surface area contributed by atoms with E-state index < -0.39 is 0 Å². The van der Waals surface area contributed by atoms with Crippen LogP contribution in [-0.2, 0) is 4.79 Å². The van der Waals surface area contributed by atoms with Gasteiger partial charge in [0.2, 0.25) is 5.91 Å². The summed E-state index contributed by atoms with van der Waals surface area (Å²) >= 11 is 0. The first-order valence-corrected chi connectivity index (χ1v) is 12.6. The maximum absolute atomic E-state index is 12.6. The number of aromatic amines is 2. The number of nitrogens with one attached hydrogen (secondary N) is 3. The number of amides is 1. The Morgan fingerprint density at radius 3 is 2.63 bits per heavy atom. The van der Waals surface area contributed by atoms with E-state index in [1.165, 1.54) is 0 Å². The first-order valence-electron chi connectivity index (χ1n) is 12.6. The van der Waals surface area contributed by atoms with Crippen molar-refractivity contribution < 1.29 is 4.79 Å². The van der Waals surface area contributed by atoms with Crippen molar-refractivity contribution in [2.45, 2.75) is 25.7 Å². The summed E-state index contributed by atoms with van der Waals surface area (Å²) in [6.07, 6.45) is 11.0. The number of hydrogen-bond acceptors (Lipinski definition) is 7. The molecule has 10 heteroatoms. The van der Waals surface area contributed by atoms with Crippen LogP contribution in [-0.4, -0.2) is 46.0 Å². The first-order chi connectivity index (χ1) is 18.7. The first kappa shape index (κ1) is 22.2. The van der Waals surface area contributed by atoms with Crippen molar-refractivity contribution in [3.8, 4) is 34.2 Å². The standard InChI is InChI=1S/C28H23N9O/c38-28(16-5-1-2-6-16)32-18-13-17(14-29-15-18)19-8-9-22-25(33-19)26(37-36-22)27-34-21-10-12-31-23(24(21)35-27)20-7-3-4-11-30-20/h3-4,7-16H,1-2,5-6H2,(H,32,38)(H,34,35)(H,36,37). The SMILES string of the molecule is O=C(Nc1cncc(-c2ccc3[nH]nc(-c4nc5c(-c6ccccn6)nccc5[nH]4)c3n2)c1)C1CCCC1. The number of nitrogens with zero attached hydrogens (tertiary/aromatic N) is 6. The Hall–Kier alpha value is -4.99. The number of rotatable bonds is 5. The Bertz CT molecular complexity index is 1780. The summed E-state index contributed by atoms with van der Waals surface area (Å²) in [6.45, 7) is 0. The average molecular weight is 502 g/mol. The molecule has 186 valence electrons. The number of anilines is 1. The molecule has 1 fully saturated rings. The van der Waals surface area contributed by atoms with Gasteiger partial charge in [0.05, 0.1) is 34.3 Å². The summed E-state index contributed by atoms with van der Waals surface area (Å²) in [5, 5.41) is 10.6. The predicted octanol–water partition coefficient (Wildman–Crippen LogP) is 5.15. The number of carbonyl (C=O) groups excluding carboxylic acids is 1. The molecule has 0 spiro atoms. The lowest BCUT2D eigenvalue weighted by atomic mass is 10.1. The van der Waals surface area contributed by atoms with E-state index in [2.05, 4.69) is 35.5 Å². The quantitative estimate of drug-likeness (QED) is 0.297. The van der Waals surface area contributed by atoms with Gasteiger partial charge < -0.3 is 10.3 Å². The summed E-state index contributed by atoms with van der Waals surface area (Å²) in [5.41, 5.74) is 7.23. The van der Waals surface area contributed by atoms with Crippen LogP contribution >= 0.6 is 0 Å². The molecule has 1 saturated carbocycles. The van der Waals surface area contributed by atoms with E-state index in [-0.39, 0.29) is 11.8 Å². The lowest BCUT2D eigenvalue weighted by Gasteiger charge is -2.11. The topological polar surface area (TPSA) is 138 Å². The molecule has 38 heavy (non-hydrogen) atoms. The molecular formula is C28H23N9O. The van der Waals surface area contributed by atoms with E-state index >= 15 is 0 Å². The Morgan fingerprint density at radius 2 is 1.76 bits per heavy atom. The molecule has 0 unspecified atom stereocenters. The van der Waals surface area contributed by atoms with E-state index in [4.69, 9.17) is 9.97 Å². The van der Waals surface area contributed by atoms with E-state index in [1.54, 1.807) is 24.8 Å². The smallest absolute Gasteiger partial charge is 0.227 e. The third-order valence-corrected chi connectivity index (χ3v) is 6.97. The minimum Gasteiger partial charge on any atom is -0.336 e. The van der Waals surface area contributed by atoms with Crippen LogP contribution in [0, 0.1) is 5.92 Å². The molecule has 6 heterocycles. The number of pyridine rings is 4. The van der Waals surface area contributed by atoms with Gasteiger partial charge in [0.25, 0.3) is 0 Å². The number of hydrogen-bond donors (Lipinski definition) is 3. The van der Waals surface area contributed by atoms with Crippen LogP contribution in [0.25, 0.3) is 56.2 Å². The highest BCUT2D eigenvalue weighted by Gasteiger charge is 2.23. The van der Waals surface area contributed by atoms with E-state index in [9.17, 15) is 4.79 Å². The molecule has 1 amide bonds. The van der Waals surface area contributed by atoms with Crippen molar-refractivity contribution in [1.82, 2.24) is 40.1 Å². The largest absolute Gasteiger partial charge is 0.336 e. The molecule has 0 bridgehead atoms. The van der Waals surface area contributed by atoms with Gasteiger partial charge in [-0.1, -0.05) is 18.9 Å². The lowest BCUT2D eigenvalue weighted by molar-refractivity contribution is -0.119. The molecule has 6 aromatic heterocycles. The number of H-pyrrole nitrogens is 2. The molecule has 0 aliphatic heterocycles. The van der Waals surface area contributed by atoms with Gasteiger partial charge in [0.1, 0.15) is 16.7 Å². The van der Waals surface area contributed by atoms with Gasteiger partial charge >= 0.3 is 0 Å². The van der Waals surface area contributed by atoms with Gasteiger partial charge in [0.15, 0.2) is 11.5 Å². The second-order valence-electron chi connectivity index (χ2n) is 9.45. The maximum Gasteiger partial charge on any atom is 0.227 e. The highest BCUT2D eigenvalue weighted by atomic mass is 16.1. The van der Waals surface area contributed by atoms with Crippen molar-refractivity contribution >= 4 is 33.7 Å². The van der Waals surface area contributed by atoms with Crippen LogP contribution in [0.2, 0.25) is 0 Å². The lowest BCUT2D eigenvalue weighted by Crippen LogP contribution is -2.20. The average Bonchev–Trinajstić information content (AvgIpc) is 3.73. The van der Waals surface area contributed by atoms with Crippen LogP contribution in [0.5, 0.6) is 0 Å². The van der Waals surface area contributed by atoms with Crippen LogP contribution in [0.15, 0.2) is 67.3 Å². The highest BCUT2D eigenvalue weighted by Crippen LogP contribution is 2.31. The Labute approximate surface area is 217 Å². The molecule has 0 aromatic carbocycles. The van der Waals surface area contributed by atoms with Crippen LogP contribution in [0.4, 0.5) is 5.69 Å². The third-order valence-electron chi connectivity index (χ3n) is 6.97. The Kier molecular flexibility index (Phi) is 5.35. The summed E-state index contributed by atoms with van der Waals surface area (Å²) < 4.78 is 0. The van der Waals surface area contributed by atoms with Gasteiger partial charge in [0, 0.05) is 30.1 Å². The molecule has 1 aliphatic carbocycles. The fourth-order valence-corrected chi connectivity index (χ4v) is 5.04. The highest BCUT2D eigenvalue weighted by molar-refractivity contribution is 5.95. The molecule has 0 radical (unpaired) electrons. The zero-order valence-electron chi connectivity index (χ0n) is 20.3. The Balaban J connectivity index is 1.25. The van der Waals surface area contributed by atoms with Crippen molar-refractivity contribution in [2.24, 2.45) is 5.92 Å². The fraction of sp³-hybridized carbons (Fsp3) is 0.179. The van der Waals surface area contributed by atoms with Crippen LogP contribution < -0.4 is 5.32 Å². The van der Waals surface area contributed by atoms with Crippen molar-refractivity contribution in [2.75, 3.05) is 5.32 Å². The van der Waals surface area contributed by atoms with E-state index in [0.29, 0.717) is 33.9 Å². The fourth-order valence-electron chi connectivity index (χ4n) is 5.04. The van der Waals surface area contributed by atoms with Gasteiger partial charge in [-0.25, -0.2) is 9.97 Å². The van der Waals surface area contributed by atoms with Gasteiger partial charge in [-0.3, -0.25) is 24.8 Å². The molecule has 3 N–H and O–H groups in total. The molecule has 1 aliphatic rings. The zero-order valence-corrected chi connectivity index (χ0v) is 20.3. The van der Waals surface area contributed by atoms with Crippen molar-refractivity contribution in [3.05, 3.63) is 67.3 Å². The molecule has 7 rings (SSSR count). The summed E-state index contributed by atoms with van der Waals surface area (Å²) in [6, 6.07) is 13.3. The summed E-state index contributed by atoms with van der Waals surface area (Å²) in [7, 11) is 0. The monoisotopic (exact) mass is 501 g/mol. The molecular weight excluding hydrogens is 478 g/mol. The molecule has 0 saturated heterocycles. The number of imidazole rings is 1. The van der Waals surface area contributed by atoms with Gasteiger partial charge in [-0.15, -0.1) is 0 Å². The number of fused-ring (bicyclic) bond motifs is 2. The second-order valence-corrected chi connectivity index (χ2v) is 9.45. The Morgan fingerprint density at radius 1 is 0.868 bits per heavy atom. The normalized spacial score (nSPS) is 13.9. The second kappa shape index (κ2) is 9.15. The van der Waals surface area contributed by atoms with Gasteiger partial charge in [-0.2, -0.15) is 5.10 Å². The van der Waals surface area contributed by atoms with Crippen LogP contribution in [0.1, 0.15) is 25.7 Å². The summed E-state index contributed by atoms with van der Waals surface area (Å²) in [4.78, 5) is 39.0. The minimum atomic E-state index is 0.0615. The van der Waals surface area contributed by atoms with Crippen LogP contribution in [0.3, 0.4) is 0 Å². The minimum absolute atomic E-state index is 0.0615. The van der Waals surface area contributed by atoms with Crippen molar-refractivity contribution in [1.29, 1.82) is 0 Å².